The summed E-state index contributed by atoms with van der Waals surface area (Å²) in [5, 5.41) is 13.0. The maximum absolute atomic E-state index is 14.0. The van der Waals surface area contributed by atoms with Crippen LogP contribution in [0, 0.1) is 5.82 Å². The molecule has 1 aromatic carbocycles. The van der Waals surface area contributed by atoms with Gasteiger partial charge in [0.25, 0.3) is 0 Å². The summed E-state index contributed by atoms with van der Waals surface area (Å²) in [4.78, 5) is 52.4. The number of aliphatic hydroxyl groups excluding tert-OH is 1. The third kappa shape index (κ3) is 9.43. The molecule has 0 spiro atoms. The van der Waals surface area contributed by atoms with Crippen molar-refractivity contribution in [3.05, 3.63) is 58.2 Å². The lowest BCUT2D eigenvalue weighted by atomic mass is 10.1. The van der Waals surface area contributed by atoms with Gasteiger partial charge >= 0.3 is 24.0 Å². The van der Waals surface area contributed by atoms with E-state index in [2.05, 4.69) is 24.3 Å². The van der Waals surface area contributed by atoms with Gasteiger partial charge in [0.05, 0.1) is 17.3 Å². The highest BCUT2D eigenvalue weighted by atomic mass is 35.5. The van der Waals surface area contributed by atoms with E-state index in [0.717, 1.165) is 5.56 Å². The smallest absolute Gasteiger partial charge is 0.410 e. The third-order valence-electron chi connectivity index (χ3n) is 6.94. The Morgan fingerprint density at radius 3 is 2.30 bits per heavy atom. The monoisotopic (exact) mass is 697 g/mol. The van der Waals surface area contributed by atoms with Crippen LogP contribution in [0.1, 0.15) is 37.5 Å². The Morgan fingerprint density at radius 1 is 1.00 bits per heavy atom. The van der Waals surface area contributed by atoms with Crippen LogP contribution in [0.3, 0.4) is 0 Å². The van der Waals surface area contributed by atoms with Crippen molar-refractivity contribution in [3.63, 3.8) is 0 Å². The number of aromatic nitrogens is 3. The van der Waals surface area contributed by atoms with Crippen LogP contribution in [0.5, 0.6) is 5.75 Å². The Hall–Kier alpha value is -4.67. The molecule has 0 aliphatic carbocycles. The summed E-state index contributed by atoms with van der Waals surface area (Å²) in [5.41, 5.74) is 7.72. The molecule has 1 aliphatic heterocycles. The molecule has 0 saturated carbocycles. The molecule has 3 aromatic rings. The summed E-state index contributed by atoms with van der Waals surface area (Å²) in [7, 11) is 0. The highest BCUT2D eigenvalue weighted by Crippen LogP contribution is 2.37. The second kappa shape index (κ2) is 16.2. The molecule has 3 N–H and O–H groups in total. The molecule has 1 fully saturated rings. The third-order valence-corrected chi connectivity index (χ3v) is 7.66. The van der Waals surface area contributed by atoms with Crippen LogP contribution in [0.25, 0.3) is 11.1 Å². The molecular formula is C29H30Cl2FN5O10. The van der Waals surface area contributed by atoms with Gasteiger partial charge in [0.15, 0.2) is 38.2 Å². The number of piperidine rings is 1. The normalized spacial score (nSPS) is 13.9. The van der Waals surface area contributed by atoms with Gasteiger partial charge < -0.3 is 39.4 Å². The number of rotatable bonds is 12. The number of amides is 1. The van der Waals surface area contributed by atoms with Crippen LogP contribution in [0.4, 0.5) is 15.0 Å². The molecule has 47 heavy (non-hydrogen) atoms. The van der Waals surface area contributed by atoms with E-state index in [-0.39, 0.29) is 33.2 Å². The van der Waals surface area contributed by atoms with Crippen LogP contribution >= 0.6 is 23.2 Å². The highest BCUT2D eigenvalue weighted by molar-refractivity contribution is 6.36. The Balaban J connectivity index is 1.25. The quantitative estimate of drug-likeness (QED) is 0.121. The zero-order chi connectivity index (χ0) is 34.1. The number of esters is 3. The lowest BCUT2D eigenvalue weighted by molar-refractivity contribution is -0.168. The summed E-state index contributed by atoms with van der Waals surface area (Å²) >= 11 is 12.4. The number of nitrogens with two attached hydrogens (primary N) is 1. The molecule has 1 amide bonds. The summed E-state index contributed by atoms with van der Waals surface area (Å²) < 4.78 is 40.1. The molecule has 0 unspecified atom stereocenters. The van der Waals surface area contributed by atoms with E-state index in [4.69, 9.17) is 43.5 Å². The molecule has 0 bridgehead atoms. The number of nitrogens with zero attached hydrogens (tertiary/aromatic N) is 4. The Labute approximate surface area is 277 Å². The summed E-state index contributed by atoms with van der Waals surface area (Å²) in [6, 6.07) is 4.21. The number of pyridine rings is 1. The first-order chi connectivity index (χ1) is 22.5. The predicted molar refractivity (Wildman–Crippen MR) is 162 cm³/mol. The predicted octanol–water partition coefficient (Wildman–Crippen LogP) is 3.47. The zero-order valence-corrected chi connectivity index (χ0v) is 26.4. The largest absolute Gasteiger partial charge is 0.482 e. The number of halogens is 3. The molecule has 1 aliphatic rings. The first kappa shape index (κ1) is 35.2. The van der Waals surface area contributed by atoms with Gasteiger partial charge in [0.1, 0.15) is 11.9 Å². The van der Waals surface area contributed by atoms with E-state index in [1.807, 2.05) is 6.20 Å². The Bertz CT molecular complexity index is 1620. The minimum absolute atomic E-state index is 0.0341. The topological polar surface area (TPSA) is 195 Å². The van der Waals surface area contributed by atoms with E-state index >= 15 is 0 Å². The van der Waals surface area contributed by atoms with Crippen LogP contribution in [0.2, 0.25) is 10.0 Å². The molecule has 4 rings (SSSR count). The lowest BCUT2D eigenvalue weighted by Crippen LogP contribution is -2.40. The fraction of sp³-hybridized carbons (Fsp3) is 0.379. The standard InChI is InChI=1S/C29H30Cl2FN5O10/c1-16(26-20(30)2-3-21(32)27(26)31)47-22-8-17(9-34-28(22)33)18-10-35-37(11-18)19-4-6-36(7-5-19)29(42)45-14-24(40)43-12-23(39)44-13-25(41)46-15-38/h2-3,8-11,16,19,38H,4-7,12-15H2,1H3,(H2,33,34)/t16-/m1/s1. The van der Waals surface area contributed by atoms with Gasteiger partial charge in [-0.05, 0) is 38.0 Å². The van der Waals surface area contributed by atoms with Gasteiger partial charge in [-0.2, -0.15) is 5.10 Å². The lowest BCUT2D eigenvalue weighted by Gasteiger charge is -2.31. The van der Waals surface area contributed by atoms with Crippen LogP contribution in [-0.4, -0.2) is 88.5 Å². The van der Waals surface area contributed by atoms with Crippen molar-refractivity contribution in [2.24, 2.45) is 0 Å². The number of hydrogen-bond acceptors (Lipinski definition) is 13. The summed E-state index contributed by atoms with van der Waals surface area (Å²) in [5.74, 6) is -3.27. The number of likely N-dealkylation sites (tertiary alicyclic amines) is 1. The fourth-order valence-electron chi connectivity index (χ4n) is 4.56. The molecule has 3 heterocycles. The van der Waals surface area contributed by atoms with Crippen molar-refractivity contribution >= 4 is 53.0 Å². The van der Waals surface area contributed by atoms with E-state index in [1.54, 1.807) is 30.1 Å². The van der Waals surface area contributed by atoms with Gasteiger partial charge in [0, 0.05) is 47.2 Å². The maximum Gasteiger partial charge on any atom is 0.410 e. The van der Waals surface area contributed by atoms with Crippen molar-refractivity contribution in [3.8, 4) is 16.9 Å². The number of benzene rings is 1. The number of nitrogen functional groups attached to an aromatic ring is 1. The minimum atomic E-state index is -1.03. The number of carbonyl (C=O) groups excluding carboxylic acids is 4. The average Bonchev–Trinajstić information content (AvgIpc) is 3.55. The molecule has 18 heteroatoms. The van der Waals surface area contributed by atoms with Crippen molar-refractivity contribution in [1.82, 2.24) is 19.7 Å². The zero-order valence-electron chi connectivity index (χ0n) is 24.9. The molecule has 2 aromatic heterocycles. The van der Waals surface area contributed by atoms with Crippen LogP contribution in [-0.2, 0) is 33.3 Å². The Morgan fingerprint density at radius 2 is 1.64 bits per heavy atom. The van der Waals surface area contributed by atoms with Gasteiger partial charge in [-0.25, -0.2) is 28.6 Å². The molecule has 252 valence electrons. The van der Waals surface area contributed by atoms with Crippen molar-refractivity contribution in [2.45, 2.75) is 31.9 Å². The van der Waals surface area contributed by atoms with Crippen molar-refractivity contribution < 1.29 is 52.4 Å². The second-order valence-corrected chi connectivity index (χ2v) is 10.9. The number of anilines is 1. The van der Waals surface area contributed by atoms with Gasteiger partial charge in [-0.1, -0.05) is 23.2 Å². The van der Waals surface area contributed by atoms with Crippen molar-refractivity contribution in [1.29, 1.82) is 0 Å². The molecular weight excluding hydrogens is 668 g/mol. The van der Waals surface area contributed by atoms with E-state index in [1.165, 1.54) is 17.0 Å². The van der Waals surface area contributed by atoms with E-state index < -0.39 is 62.5 Å². The summed E-state index contributed by atoms with van der Waals surface area (Å²) in [6.07, 6.45) is 4.68. The molecule has 0 radical (unpaired) electrons. The molecule has 1 saturated heterocycles. The first-order valence-corrected chi connectivity index (χ1v) is 14.8. The SMILES string of the molecule is C[C@@H](Oc1cc(-c2cnn(C3CCN(C(=O)OCC(=O)OCC(=O)OCC(=O)OCO)CC3)c2)cnc1N)c1c(Cl)ccc(F)c1Cl. The molecule has 1 atom stereocenters. The molecule has 15 nitrogen and oxygen atoms in total. The summed E-state index contributed by atoms with van der Waals surface area (Å²) in [6.45, 7) is -0.853. The van der Waals surface area contributed by atoms with Crippen LogP contribution in [0.15, 0.2) is 36.8 Å². The number of carbonyl (C=O) groups is 4. The highest BCUT2D eigenvalue weighted by Gasteiger charge is 2.26. The van der Waals surface area contributed by atoms with Gasteiger partial charge in [-0.3, -0.25) is 4.68 Å². The maximum atomic E-state index is 14.0. The number of aliphatic hydroxyl groups is 1. The van der Waals surface area contributed by atoms with Crippen molar-refractivity contribution in [2.75, 3.05) is 45.4 Å². The number of ether oxygens (including phenoxy) is 5. The van der Waals surface area contributed by atoms with Gasteiger partial charge in [-0.15, -0.1) is 0 Å². The van der Waals surface area contributed by atoms with E-state index in [9.17, 15) is 23.6 Å². The number of hydrogen-bond donors (Lipinski definition) is 2. The Kier molecular flexibility index (Phi) is 12.2. The average molecular weight is 698 g/mol. The minimum Gasteiger partial charge on any atom is -0.482 e. The van der Waals surface area contributed by atoms with E-state index in [0.29, 0.717) is 31.5 Å². The first-order valence-electron chi connectivity index (χ1n) is 14.1. The van der Waals surface area contributed by atoms with Gasteiger partial charge in [0.2, 0.25) is 0 Å². The second-order valence-electron chi connectivity index (χ2n) is 10.1. The van der Waals surface area contributed by atoms with Crippen LogP contribution < -0.4 is 10.5 Å². The fourth-order valence-corrected chi connectivity index (χ4v) is 5.24.